The highest BCUT2D eigenvalue weighted by molar-refractivity contribution is 14.1. The molecule has 5 rings (SSSR count). The third-order valence-electron chi connectivity index (χ3n) is 6.25. The van der Waals surface area contributed by atoms with Gasteiger partial charge in [-0.15, -0.1) is 0 Å². The van der Waals surface area contributed by atoms with E-state index in [0.717, 1.165) is 28.4 Å². The van der Waals surface area contributed by atoms with E-state index in [1.165, 1.54) is 5.56 Å². The van der Waals surface area contributed by atoms with Gasteiger partial charge in [-0.2, -0.15) is 4.98 Å². The number of carbonyl (C=O) groups excluding carboxylic acids is 1. The number of amides is 1. The monoisotopic (exact) mass is 541 g/mol. The lowest BCUT2D eigenvalue weighted by Crippen LogP contribution is -2.40. The molecule has 0 N–H and O–H groups in total. The lowest BCUT2D eigenvalue weighted by atomic mass is 10.1. The standard InChI is InChI=1S/C25H24IN3O3/c1-2-14-31-24(30)29(21-15-20(21)17-6-4-3-5-7-17)16-25(12-13-25)23-27-22(28-32-23)18-8-10-19(26)11-9-18/h2-11,20-21H,1,12-16H2/t20?,21-/m0/s1. The minimum Gasteiger partial charge on any atom is -0.445 e. The van der Waals surface area contributed by atoms with Gasteiger partial charge in [0.15, 0.2) is 0 Å². The topological polar surface area (TPSA) is 68.5 Å². The second-order valence-electron chi connectivity index (χ2n) is 8.52. The first-order chi connectivity index (χ1) is 15.6. The van der Waals surface area contributed by atoms with Crippen LogP contribution in [-0.2, 0) is 10.2 Å². The SMILES string of the molecule is C=CCOC(=O)N(CC1(c2nc(-c3ccc(I)cc3)no2)CC1)[C@H]1CC1c1ccccc1. The van der Waals surface area contributed by atoms with Crippen LogP contribution in [0.15, 0.2) is 71.8 Å². The van der Waals surface area contributed by atoms with Gasteiger partial charge in [0.05, 0.1) is 5.41 Å². The highest BCUT2D eigenvalue weighted by Crippen LogP contribution is 2.52. The normalized spacial score (nSPS) is 20.4. The fraction of sp³-hybridized carbons (Fsp3) is 0.320. The summed E-state index contributed by atoms with van der Waals surface area (Å²) in [4.78, 5) is 19.5. The maximum atomic E-state index is 12.9. The lowest BCUT2D eigenvalue weighted by molar-refractivity contribution is 0.102. The molecule has 2 aliphatic carbocycles. The van der Waals surface area contributed by atoms with Gasteiger partial charge in [-0.1, -0.05) is 60.3 Å². The van der Waals surface area contributed by atoms with E-state index in [4.69, 9.17) is 14.2 Å². The molecule has 2 saturated carbocycles. The van der Waals surface area contributed by atoms with Crippen molar-refractivity contribution in [3.63, 3.8) is 0 Å². The molecule has 0 spiro atoms. The number of nitrogens with zero attached hydrogens (tertiary/aromatic N) is 3. The summed E-state index contributed by atoms with van der Waals surface area (Å²) in [6, 6.07) is 18.5. The summed E-state index contributed by atoms with van der Waals surface area (Å²) in [6.45, 7) is 4.37. The first-order valence-electron chi connectivity index (χ1n) is 10.8. The fourth-order valence-corrected chi connectivity index (χ4v) is 4.55. The molecule has 2 atom stereocenters. The summed E-state index contributed by atoms with van der Waals surface area (Å²) in [7, 11) is 0. The van der Waals surface area contributed by atoms with Crippen LogP contribution >= 0.6 is 22.6 Å². The molecule has 0 saturated heterocycles. The molecule has 1 amide bonds. The third kappa shape index (κ3) is 4.30. The molecule has 0 aliphatic heterocycles. The van der Waals surface area contributed by atoms with Gasteiger partial charge < -0.3 is 14.2 Å². The molecule has 7 heteroatoms. The fourth-order valence-electron chi connectivity index (χ4n) is 4.19. The molecule has 1 aromatic heterocycles. The van der Waals surface area contributed by atoms with E-state index in [-0.39, 0.29) is 24.2 Å². The van der Waals surface area contributed by atoms with Gasteiger partial charge in [0.2, 0.25) is 11.7 Å². The molecule has 32 heavy (non-hydrogen) atoms. The van der Waals surface area contributed by atoms with Crippen LogP contribution in [0, 0.1) is 3.57 Å². The molecule has 3 aromatic rings. The van der Waals surface area contributed by atoms with E-state index in [1.54, 1.807) is 6.08 Å². The molecular formula is C25H24IN3O3. The number of rotatable bonds is 8. The first-order valence-corrected chi connectivity index (χ1v) is 11.9. The number of benzene rings is 2. The summed E-state index contributed by atoms with van der Waals surface area (Å²) in [5.74, 6) is 1.51. The smallest absolute Gasteiger partial charge is 0.410 e. The van der Waals surface area contributed by atoms with Crippen molar-refractivity contribution >= 4 is 28.7 Å². The van der Waals surface area contributed by atoms with E-state index >= 15 is 0 Å². The Labute approximate surface area is 200 Å². The van der Waals surface area contributed by atoms with Crippen LogP contribution in [0.4, 0.5) is 4.79 Å². The zero-order valence-corrected chi connectivity index (χ0v) is 19.8. The van der Waals surface area contributed by atoms with Crippen molar-refractivity contribution in [1.29, 1.82) is 0 Å². The van der Waals surface area contributed by atoms with Gasteiger partial charge in [-0.05, 0) is 59.5 Å². The maximum Gasteiger partial charge on any atom is 0.410 e. The van der Waals surface area contributed by atoms with Crippen molar-refractivity contribution in [1.82, 2.24) is 15.0 Å². The molecule has 2 aliphatic rings. The van der Waals surface area contributed by atoms with Crippen molar-refractivity contribution in [2.45, 2.75) is 36.6 Å². The second-order valence-corrected chi connectivity index (χ2v) is 9.77. The van der Waals surface area contributed by atoms with E-state index < -0.39 is 0 Å². The van der Waals surface area contributed by atoms with Crippen molar-refractivity contribution in [3.05, 3.63) is 82.3 Å². The average Bonchev–Trinajstić information content (AvgIpc) is 3.73. The summed E-state index contributed by atoms with van der Waals surface area (Å²) < 4.78 is 12.3. The van der Waals surface area contributed by atoms with Crippen molar-refractivity contribution in [2.75, 3.05) is 13.2 Å². The number of halogens is 1. The minimum absolute atomic E-state index is 0.116. The molecule has 0 bridgehead atoms. The first kappa shape index (κ1) is 21.2. The van der Waals surface area contributed by atoms with Gasteiger partial charge in [0, 0.05) is 27.6 Å². The van der Waals surface area contributed by atoms with Gasteiger partial charge in [-0.3, -0.25) is 0 Å². The zero-order chi connectivity index (χ0) is 22.1. The Morgan fingerprint density at radius 3 is 2.66 bits per heavy atom. The van der Waals surface area contributed by atoms with E-state index in [0.29, 0.717) is 24.2 Å². The van der Waals surface area contributed by atoms with Gasteiger partial charge >= 0.3 is 6.09 Å². The van der Waals surface area contributed by atoms with Crippen LogP contribution in [0.1, 0.15) is 36.6 Å². The Bertz CT molecular complexity index is 1110. The van der Waals surface area contributed by atoms with Crippen LogP contribution in [0.2, 0.25) is 0 Å². The third-order valence-corrected chi connectivity index (χ3v) is 6.97. The van der Waals surface area contributed by atoms with Gasteiger partial charge in [-0.25, -0.2) is 4.79 Å². The van der Waals surface area contributed by atoms with E-state index in [9.17, 15) is 4.79 Å². The summed E-state index contributed by atoms with van der Waals surface area (Å²) in [5, 5.41) is 4.21. The highest BCUT2D eigenvalue weighted by atomic mass is 127. The molecular weight excluding hydrogens is 517 g/mol. The quantitative estimate of drug-likeness (QED) is 0.276. The van der Waals surface area contributed by atoms with E-state index in [2.05, 4.69) is 46.5 Å². The number of ether oxygens (including phenoxy) is 1. The molecule has 1 heterocycles. The van der Waals surface area contributed by atoms with Crippen LogP contribution in [0.25, 0.3) is 11.4 Å². The van der Waals surface area contributed by atoms with Crippen LogP contribution in [0.5, 0.6) is 0 Å². The second kappa shape index (κ2) is 8.69. The summed E-state index contributed by atoms with van der Waals surface area (Å²) >= 11 is 2.27. The van der Waals surface area contributed by atoms with Crippen LogP contribution in [0.3, 0.4) is 0 Å². The van der Waals surface area contributed by atoms with Crippen LogP contribution < -0.4 is 0 Å². The average molecular weight is 541 g/mol. The Kier molecular flexibility index (Phi) is 5.75. The predicted molar refractivity (Wildman–Crippen MR) is 129 cm³/mol. The number of carbonyl (C=O) groups is 1. The van der Waals surface area contributed by atoms with Crippen LogP contribution in [-0.4, -0.2) is 40.3 Å². The lowest BCUT2D eigenvalue weighted by Gasteiger charge is -2.26. The molecule has 2 fully saturated rings. The zero-order valence-electron chi connectivity index (χ0n) is 17.6. The van der Waals surface area contributed by atoms with Crippen molar-refractivity contribution in [3.8, 4) is 11.4 Å². The predicted octanol–water partition coefficient (Wildman–Crippen LogP) is 5.55. The largest absolute Gasteiger partial charge is 0.445 e. The van der Waals surface area contributed by atoms with Gasteiger partial charge in [0.1, 0.15) is 6.61 Å². The molecule has 6 nitrogen and oxygen atoms in total. The Hall–Kier alpha value is -2.68. The molecule has 164 valence electrons. The van der Waals surface area contributed by atoms with Crippen molar-refractivity contribution < 1.29 is 14.1 Å². The Morgan fingerprint density at radius 2 is 1.97 bits per heavy atom. The maximum absolute atomic E-state index is 12.9. The van der Waals surface area contributed by atoms with E-state index in [1.807, 2.05) is 47.4 Å². The molecule has 1 unspecified atom stereocenters. The Balaban J connectivity index is 1.36. The number of hydrogen-bond donors (Lipinski definition) is 0. The summed E-state index contributed by atoms with van der Waals surface area (Å²) in [6.07, 6.45) is 4.04. The Morgan fingerprint density at radius 1 is 1.22 bits per heavy atom. The summed E-state index contributed by atoms with van der Waals surface area (Å²) in [5.41, 5.74) is 1.87. The minimum atomic E-state index is -0.308. The van der Waals surface area contributed by atoms with Gasteiger partial charge in [0.25, 0.3) is 0 Å². The number of hydrogen-bond acceptors (Lipinski definition) is 5. The molecule has 2 aromatic carbocycles. The number of aromatic nitrogens is 2. The van der Waals surface area contributed by atoms with Crippen molar-refractivity contribution in [2.24, 2.45) is 0 Å². The molecule has 0 radical (unpaired) electrons. The highest BCUT2D eigenvalue weighted by Gasteiger charge is 2.55.